The van der Waals surface area contributed by atoms with Crippen molar-refractivity contribution in [3.63, 3.8) is 0 Å². The largest absolute Gasteiger partial charge is 0.455 e. The zero-order chi connectivity index (χ0) is 38.5. The number of hydrogen-bond donors (Lipinski definition) is 0. The molecule has 2 aliphatic heterocycles. The summed E-state index contributed by atoms with van der Waals surface area (Å²) in [6.45, 7) is 20.4. The maximum Gasteiger partial charge on any atom is 0.299 e. The van der Waals surface area contributed by atoms with E-state index in [4.69, 9.17) is 11.0 Å². The maximum atomic E-state index is 6.97. The van der Waals surface area contributed by atoms with Gasteiger partial charge in [0.25, 0.3) is 5.82 Å². The predicted octanol–water partition coefficient (Wildman–Crippen LogP) is 11.3. The van der Waals surface area contributed by atoms with E-state index in [2.05, 4.69) is 176 Å². The molecule has 2 aliphatic rings. The number of imidazole rings is 1. The number of aromatic nitrogens is 3. The van der Waals surface area contributed by atoms with Crippen LogP contribution in [0, 0.1) is 12.8 Å². The van der Waals surface area contributed by atoms with E-state index in [0.29, 0.717) is 5.92 Å². The van der Waals surface area contributed by atoms with E-state index in [0.717, 1.165) is 59.3 Å². The summed E-state index contributed by atoms with van der Waals surface area (Å²) in [5.74, 6) is 1.93. The number of allylic oxidation sites excluding steroid dienone is 1. The van der Waals surface area contributed by atoms with E-state index >= 15 is 0 Å². The third kappa shape index (κ3) is 5.46. The van der Waals surface area contributed by atoms with Crippen molar-refractivity contribution in [1.82, 2.24) is 4.57 Å². The van der Waals surface area contributed by atoms with Crippen molar-refractivity contribution in [1.29, 1.82) is 0 Å². The Bertz CT molecular complexity index is 2870. The molecule has 0 aliphatic carbocycles. The van der Waals surface area contributed by atoms with Crippen LogP contribution < -0.4 is 14.3 Å². The fraction of sp³-hybridized carbons (Fsp3) is 0.255. The first-order chi connectivity index (χ1) is 27.1. The molecule has 5 heterocycles. The molecular weight excluding hydrogens is 699 g/mol. The Morgan fingerprint density at radius 3 is 2.43 bits per heavy atom. The monoisotopic (exact) mass is 749 g/mol. The Morgan fingerprint density at radius 2 is 1.62 bits per heavy atom. The van der Waals surface area contributed by atoms with E-state index in [1.807, 2.05) is 0 Å². The van der Waals surface area contributed by atoms with Crippen LogP contribution in [0.2, 0.25) is 19.6 Å². The van der Waals surface area contributed by atoms with Gasteiger partial charge in [0, 0.05) is 22.0 Å². The molecule has 0 bridgehead atoms. The highest BCUT2D eigenvalue weighted by atomic mass is 28.3. The van der Waals surface area contributed by atoms with Gasteiger partial charge in [-0.25, -0.2) is 4.57 Å². The molecular formula is C51H51N3OSi+2. The van der Waals surface area contributed by atoms with Gasteiger partial charge in [0.05, 0.1) is 19.6 Å². The van der Waals surface area contributed by atoms with Gasteiger partial charge in [0.15, 0.2) is 28.5 Å². The van der Waals surface area contributed by atoms with Gasteiger partial charge in [-0.1, -0.05) is 124 Å². The molecule has 3 aromatic heterocycles. The number of hydrogen-bond acceptors (Lipinski definition) is 1. The first kappa shape index (κ1) is 34.9. The van der Waals surface area contributed by atoms with E-state index < -0.39 is 8.07 Å². The second-order valence-corrected chi connectivity index (χ2v) is 22.9. The number of aryl methyl sites for hydroxylation is 2. The molecule has 5 aromatic carbocycles. The van der Waals surface area contributed by atoms with Crippen molar-refractivity contribution in [2.24, 2.45) is 5.92 Å². The summed E-state index contributed by atoms with van der Waals surface area (Å²) >= 11 is 0. The van der Waals surface area contributed by atoms with Crippen LogP contribution in [0.25, 0.3) is 61.3 Å². The molecule has 0 fully saturated rings. The van der Waals surface area contributed by atoms with E-state index in [1.54, 1.807) is 5.19 Å². The number of furan rings is 1. The first-order valence-electron chi connectivity index (χ1n) is 20.5. The van der Waals surface area contributed by atoms with Crippen molar-refractivity contribution >= 4 is 51.9 Å². The van der Waals surface area contributed by atoms with Crippen molar-refractivity contribution in [3.05, 3.63) is 156 Å². The smallest absolute Gasteiger partial charge is 0.299 e. The molecule has 10 rings (SSSR count). The van der Waals surface area contributed by atoms with Gasteiger partial charge in [0.1, 0.15) is 17.7 Å². The molecule has 2 atom stereocenters. The van der Waals surface area contributed by atoms with Gasteiger partial charge in [-0.2, -0.15) is 9.13 Å². The van der Waals surface area contributed by atoms with Crippen LogP contribution in [0.1, 0.15) is 60.0 Å². The molecule has 278 valence electrons. The number of rotatable bonds is 5. The molecule has 4 nitrogen and oxygen atoms in total. The van der Waals surface area contributed by atoms with Crippen molar-refractivity contribution in [3.8, 4) is 22.6 Å². The average molecular weight is 750 g/mol. The quantitative estimate of drug-likeness (QED) is 0.127. The van der Waals surface area contributed by atoms with Crippen LogP contribution in [0.15, 0.2) is 132 Å². The number of benzene rings is 5. The molecule has 8 aromatic rings. The lowest BCUT2D eigenvalue weighted by atomic mass is 9.78. The molecule has 2 unspecified atom stereocenters. The topological polar surface area (TPSA) is 25.8 Å². The number of pyridine rings is 1. The summed E-state index contributed by atoms with van der Waals surface area (Å²) in [5, 5.41) is 3.86. The lowest BCUT2D eigenvalue weighted by Crippen LogP contribution is -2.57. The highest BCUT2D eigenvalue weighted by molar-refractivity contribution is 6.89. The second kappa shape index (κ2) is 13.0. The average Bonchev–Trinajstić information content (AvgIpc) is 3.72. The third-order valence-electron chi connectivity index (χ3n) is 12.5. The minimum absolute atomic E-state index is 0.00335. The number of fused-ring (bicyclic) bond motifs is 15. The lowest BCUT2D eigenvalue weighted by Gasteiger charge is -2.32. The second-order valence-electron chi connectivity index (χ2n) is 17.8. The Labute approximate surface area is 331 Å². The Kier molecular flexibility index (Phi) is 8.13. The zero-order valence-corrected chi connectivity index (χ0v) is 34.6. The van der Waals surface area contributed by atoms with Gasteiger partial charge >= 0.3 is 0 Å². The molecule has 0 spiro atoms. The lowest BCUT2D eigenvalue weighted by molar-refractivity contribution is -0.723. The Balaban J connectivity index is 1.33. The van der Waals surface area contributed by atoms with Gasteiger partial charge in [-0.15, -0.1) is 0 Å². The van der Waals surface area contributed by atoms with Gasteiger partial charge in [-0.05, 0) is 85.2 Å². The fourth-order valence-electron chi connectivity index (χ4n) is 10.0. The number of nitrogens with zero attached hydrogens (tertiary/aromatic N) is 3. The summed E-state index contributed by atoms with van der Waals surface area (Å²) in [7, 11) is -1.74. The molecule has 56 heavy (non-hydrogen) atoms. The first-order valence-corrected chi connectivity index (χ1v) is 24.0. The molecule has 0 saturated heterocycles. The summed E-state index contributed by atoms with van der Waals surface area (Å²) in [6, 6.07) is 42.8. The summed E-state index contributed by atoms with van der Waals surface area (Å²) in [6.07, 6.45) is 5.57. The van der Waals surface area contributed by atoms with Crippen molar-refractivity contribution in [2.45, 2.75) is 78.2 Å². The van der Waals surface area contributed by atoms with Crippen molar-refractivity contribution < 1.29 is 13.6 Å². The molecule has 5 heteroatoms. The molecule has 0 radical (unpaired) electrons. The van der Waals surface area contributed by atoms with E-state index in [-0.39, 0.29) is 12.0 Å². The Hall–Kier alpha value is -5.52. The highest BCUT2D eigenvalue weighted by Gasteiger charge is 2.48. The van der Waals surface area contributed by atoms with Crippen LogP contribution in [-0.4, -0.2) is 12.6 Å². The van der Waals surface area contributed by atoms with Crippen LogP contribution in [-0.2, 0) is 19.4 Å². The van der Waals surface area contributed by atoms with E-state index in [1.165, 1.54) is 55.7 Å². The molecule has 0 saturated carbocycles. The minimum atomic E-state index is -1.74. The Morgan fingerprint density at radius 1 is 0.857 bits per heavy atom. The highest BCUT2D eigenvalue weighted by Crippen LogP contribution is 2.48. The molecule has 0 N–H and O–H groups in total. The van der Waals surface area contributed by atoms with Crippen LogP contribution >= 0.6 is 0 Å². The van der Waals surface area contributed by atoms with Crippen LogP contribution in [0.4, 0.5) is 0 Å². The SMILES string of the molecule is C=C1C2C(CCc3ccc4c(oc5ccccc54)c3-c3n(Cc4ccccc4)c4ccccc4[n+]31)c1ccc(C)cc1-c1cc(CC(C)C)c([Si](C)(C)C)c[n+]12. The summed E-state index contributed by atoms with van der Waals surface area (Å²) in [5.41, 5.74) is 16.0. The normalized spacial score (nSPS) is 16.6. The van der Waals surface area contributed by atoms with Crippen molar-refractivity contribution in [2.75, 3.05) is 0 Å². The van der Waals surface area contributed by atoms with Gasteiger partial charge in [0.2, 0.25) is 11.7 Å². The number of para-hydroxylation sites is 3. The fourth-order valence-corrected chi connectivity index (χ4v) is 11.7. The summed E-state index contributed by atoms with van der Waals surface area (Å²) < 4.78 is 14.7. The van der Waals surface area contributed by atoms with Crippen LogP contribution in [0.3, 0.4) is 0 Å². The minimum Gasteiger partial charge on any atom is -0.455 e. The predicted molar refractivity (Wildman–Crippen MR) is 234 cm³/mol. The van der Waals surface area contributed by atoms with Crippen LogP contribution in [0.5, 0.6) is 0 Å². The summed E-state index contributed by atoms with van der Waals surface area (Å²) in [4.78, 5) is 0. The van der Waals surface area contributed by atoms with E-state index in [9.17, 15) is 0 Å². The third-order valence-corrected chi connectivity index (χ3v) is 14.5. The van der Waals surface area contributed by atoms with Gasteiger partial charge in [-0.3, -0.25) is 0 Å². The zero-order valence-electron chi connectivity index (χ0n) is 33.6. The van der Waals surface area contributed by atoms with Gasteiger partial charge < -0.3 is 4.42 Å². The maximum absolute atomic E-state index is 6.97. The molecule has 0 amide bonds. The standard InChI is InChI=1S/C51H51N3OSi/c1-32(2)27-37-29-45-42-28-33(3)21-24-38(42)40-25-22-36-23-26-41-39-17-11-14-20-46(39)55-50(41)48(36)51-53(30-35-15-9-8-10-16-35)43-18-12-13-19-44(43)54(51)34(4)49(40)52(45)31-47(37)56(5,6)7/h8-21,23-24,26,28-29,31-32,40,49H,4,22,25,27,30H2,1-3,5-7H3/q+2.